The third-order valence-corrected chi connectivity index (χ3v) is 2.86. The second kappa shape index (κ2) is 3.23. The van der Waals surface area contributed by atoms with Crippen molar-refractivity contribution < 1.29 is 4.79 Å². The molecule has 2 aliphatic rings. The molecule has 2 heterocycles. The largest absolute Gasteiger partial charge is 0.293 e. The van der Waals surface area contributed by atoms with E-state index in [1.54, 1.807) is 6.07 Å². The molecule has 3 heteroatoms. The van der Waals surface area contributed by atoms with Crippen molar-refractivity contribution in [1.29, 1.82) is 0 Å². The Balaban J connectivity index is 2.13. The van der Waals surface area contributed by atoms with Crippen LogP contribution in [0.3, 0.4) is 0 Å². The number of aromatic nitrogens is 1. The zero-order chi connectivity index (χ0) is 11.1. The summed E-state index contributed by atoms with van der Waals surface area (Å²) < 4.78 is 0. The van der Waals surface area contributed by atoms with E-state index in [0.717, 1.165) is 23.3 Å². The first-order valence-electron chi connectivity index (χ1n) is 5.19. The van der Waals surface area contributed by atoms with Crippen LogP contribution in [0.2, 0.25) is 0 Å². The van der Waals surface area contributed by atoms with Crippen LogP contribution < -0.4 is 0 Å². The number of ketones is 1. The molecule has 0 atom stereocenters. The summed E-state index contributed by atoms with van der Waals surface area (Å²) in [6.45, 7) is 1.53. The maximum absolute atomic E-state index is 11.2. The van der Waals surface area contributed by atoms with Crippen molar-refractivity contribution in [1.82, 2.24) is 4.98 Å². The van der Waals surface area contributed by atoms with E-state index in [4.69, 9.17) is 0 Å². The van der Waals surface area contributed by atoms with Crippen LogP contribution in [0.25, 0.3) is 6.08 Å². The highest BCUT2D eigenvalue weighted by Gasteiger charge is 2.18. The summed E-state index contributed by atoms with van der Waals surface area (Å²) in [6.07, 6.45) is 6.56. The monoisotopic (exact) mass is 210 g/mol. The molecule has 0 saturated heterocycles. The molecule has 0 bridgehead atoms. The van der Waals surface area contributed by atoms with Gasteiger partial charge in [-0.3, -0.25) is 9.79 Å². The summed E-state index contributed by atoms with van der Waals surface area (Å²) in [4.78, 5) is 19.7. The molecule has 0 amide bonds. The first kappa shape index (κ1) is 9.21. The Hall–Kier alpha value is -2.03. The SMILES string of the molecule is CC(=O)c1ccc2c(n1)C=C1C=NC=C1C2. The minimum absolute atomic E-state index is 0.00243. The lowest BCUT2D eigenvalue weighted by Crippen LogP contribution is -2.07. The van der Waals surface area contributed by atoms with Gasteiger partial charge in [0.25, 0.3) is 0 Å². The molecular weight excluding hydrogens is 200 g/mol. The van der Waals surface area contributed by atoms with Gasteiger partial charge in [0.15, 0.2) is 5.78 Å². The Kier molecular flexibility index (Phi) is 1.86. The number of fused-ring (bicyclic) bond motifs is 2. The molecule has 0 spiro atoms. The number of Topliss-reactive ketones (excluding diaryl/α,β-unsaturated/α-hetero) is 1. The molecule has 0 N–H and O–H groups in total. The summed E-state index contributed by atoms with van der Waals surface area (Å²) in [7, 11) is 0. The van der Waals surface area contributed by atoms with Crippen LogP contribution in [0.5, 0.6) is 0 Å². The number of pyridine rings is 1. The van der Waals surface area contributed by atoms with E-state index in [-0.39, 0.29) is 5.78 Å². The maximum atomic E-state index is 11.2. The quantitative estimate of drug-likeness (QED) is 0.667. The molecular formula is C13H10N2O. The number of hydrogen-bond acceptors (Lipinski definition) is 3. The lowest BCUT2D eigenvalue weighted by molar-refractivity contribution is 0.101. The van der Waals surface area contributed by atoms with E-state index in [2.05, 4.69) is 9.98 Å². The van der Waals surface area contributed by atoms with Gasteiger partial charge in [-0.1, -0.05) is 6.07 Å². The normalized spacial score (nSPS) is 16.3. The van der Waals surface area contributed by atoms with Crippen LogP contribution in [0, 0.1) is 0 Å². The summed E-state index contributed by atoms with van der Waals surface area (Å²) in [6, 6.07) is 3.77. The molecule has 0 unspecified atom stereocenters. The maximum Gasteiger partial charge on any atom is 0.178 e. The van der Waals surface area contributed by atoms with Crippen LogP contribution in [0.15, 0.2) is 34.5 Å². The van der Waals surface area contributed by atoms with Crippen LogP contribution in [-0.4, -0.2) is 17.0 Å². The minimum Gasteiger partial charge on any atom is -0.293 e. The molecule has 1 aromatic rings. The zero-order valence-corrected chi connectivity index (χ0v) is 8.90. The molecule has 1 aliphatic carbocycles. The zero-order valence-electron chi connectivity index (χ0n) is 8.90. The summed E-state index contributed by atoms with van der Waals surface area (Å²) in [5, 5.41) is 0. The second-order valence-electron chi connectivity index (χ2n) is 4.01. The number of carbonyl (C=O) groups is 1. The van der Waals surface area contributed by atoms with Gasteiger partial charge in [0, 0.05) is 25.8 Å². The van der Waals surface area contributed by atoms with Crippen molar-refractivity contribution in [3.05, 3.63) is 46.4 Å². The number of aliphatic imine (C=N–C) groups is 1. The van der Waals surface area contributed by atoms with Crippen LogP contribution in [-0.2, 0) is 6.42 Å². The Morgan fingerprint density at radius 1 is 1.38 bits per heavy atom. The molecule has 0 aromatic carbocycles. The Bertz CT molecular complexity index is 580. The number of nitrogens with zero attached hydrogens (tertiary/aromatic N) is 2. The standard InChI is InChI=1S/C13H10N2O/c1-8(16)12-3-2-9-4-10-6-14-7-11(10)5-13(9)15-12/h2-3,5-7H,4H2,1H3. The van der Waals surface area contributed by atoms with Crippen molar-refractivity contribution in [2.24, 2.45) is 4.99 Å². The minimum atomic E-state index is 0.00243. The van der Waals surface area contributed by atoms with E-state index < -0.39 is 0 Å². The van der Waals surface area contributed by atoms with Crippen LogP contribution in [0.4, 0.5) is 0 Å². The molecule has 16 heavy (non-hydrogen) atoms. The van der Waals surface area contributed by atoms with Crippen molar-refractivity contribution >= 4 is 18.1 Å². The van der Waals surface area contributed by atoms with Gasteiger partial charge in [-0.25, -0.2) is 4.98 Å². The predicted molar refractivity (Wildman–Crippen MR) is 62.5 cm³/mol. The summed E-state index contributed by atoms with van der Waals surface area (Å²) in [5.41, 5.74) is 4.92. The van der Waals surface area contributed by atoms with Crippen LogP contribution >= 0.6 is 0 Å². The lowest BCUT2D eigenvalue weighted by atomic mass is 9.92. The third kappa shape index (κ3) is 1.33. The van der Waals surface area contributed by atoms with E-state index in [1.165, 1.54) is 12.5 Å². The molecule has 1 aliphatic heterocycles. The van der Waals surface area contributed by atoms with Gasteiger partial charge >= 0.3 is 0 Å². The van der Waals surface area contributed by atoms with Crippen molar-refractivity contribution in [2.45, 2.75) is 13.3 Å². The topological polar surface area (TPSA) is 42.3 Å². The molecule has 0 radical (unpaired) electrons. The van der Waals surface area contributed by atoms with Gasteiger partial charge in [0.2, 0.25) is 0 Å². The van der Waals surface area contributed by atoms with E-state index >= 15 is 0 Å². The molecule has 1 aromatic heterocycles. The van der Waals surface area contributed by atoms with Crippen molar-refractivity contribution in [2.75, 3.05) is 0 Å². The highest BCUT2D eigenvalue weighted by Crippen LogP contribution is 2.28. The Morgan fingerprint density at radius 3 is 3.06 bits per heavy atom. The fourth-order valence-corrected chi connectivity index (χ4v) is 1.97. The molecule has 0 saturated carbocycles. The van der Waals surface area contributed by atoms with E-state index in [0.29, 0.717) is 5.69 Å². The van der Waals surface area contributed by atoms with E-state index in [9.17, 15) is 4.79 Å². The molecule has 3 nitrogen and oxygen atoms in total. The van der Waals surface area contributed by atoms with Gasteiger partial charge in [-0.15, -0.1) is 0 Å². The number of rotatable bonds is 1. The van der Waals surface area contributed by atoms with E-state index in [1.807, 2.05) is 24.6 Å². The lowest BCUT2D eigenvalue weighted by Gasteiger charge is -2.14. The van der Waals surface area contributed by atoms with Crippen molar-refractivity contribution in [3.63, 3.8) is 0 Å². The smallest absolute Gasteiger partial charge is 0.178 e. The number of allylic oxidation sites excluding steroid dienone is 2. The molecule has 78 valence electrons. The number of hydrogen-bond donors (Lipinski definition) is 0. The average molecular weight is 210 g/mol. The van der Waals surface area contributed by atoms with Gasteiger partial charge in [-0.05, 0) is 28.9 Å². The highest BCUT2D eigenvalue weighted by molar-refractivity contribution is 5.96. The average Bonchev–Trinajstić information content (AvgIpc) is 2.71. The Morgan fingerprint density at radius 2 is 2.25 bits per heavy atom. The fraction of sp³-hybridized carbons (Fsp3) is 0.154. The first-order chi connectivity index (χ1) is 7.74. The summed E-state index contributed by atoms with van der Waals surface area (Å²) in [5.74, 6) is 0.00243. The van der Waals surface area contributed by atoms with Gasteiger partial charge in [-0.2, -0.15) is 0 Å². The molecule has 0 fully saturated rings. The van der Waals surface area contributed by atoms with Gasteiger partial charge in [0.05, 0.1) is 5.69 Å². The van der Waals surface area contributed by atoms with Gasteiger partial charge in [0.1, 0.15) is 5.69 Å². The van der Waals surface area contributed by atoms with Crippen LogP contribution in [0.1, 0.15) is 28.7 Å². The number of carbonyl (C=O) groups excluding carboxylic acids is 1. The highest BCUT2D eigenvalue weighted by atomic mass is 16.1. The van der Waals surface area contributed by atoms with Crippen molar-refractivity contribution in [3.8, 4) is 0 Å². The second-order valence-corrected chi connectivity index (χ2v) is 4.01. The third-order valence-electron chi connectivity index (χ3n) is 2.86. The molecule has 3 rings (SSSR count). The summed E-state index contributed by atoms with van der Waals surface area (Å²) >= 11 is 0. The predicted octanol–water partition coefficient (Wildman–Crippen LogP) is 2.19. The first-order valence-corrected chi connectivity index (χ1v) is 5.19. The van der Waals surface area contributed by atoms with Gasteiger partial charge < -0.3 is 0 Å². The fourth-order valence-electron chi connectivity index (χ4n) is 1.97. The Labute approximate surface area is 93.2 Å².